The summed E-state index contributed by atoms with van der Waals surface area (Å²) in [4.78, 5) is 25.4. The molecule has 0 N–H and O–H groups in total. The van der Waals surface area contributed by atoms with Gasteiger partial charge >= 0.3 is 0 Å². The fourth-order valence-corrected chi connectivity index (χ4v) is 3.64. The van der Waals surface area contributed by atoms with Gasteiger partial charge in [0.2, 0.25) is 5.88 Å². The van der Waals surface area contributed by atoms with Gasteiger partial charge in [0.15, 0.2) is 0 Å². The van der Waals surface area contributed by atoms with Crippen LogP contribution < -0.4 is 10.3 Å². The summed E-state index contributed by atoms with van der Waals surface area (Å²) in [6.45, 7) is 9.24. The van der Waals surface area contributed by atoms with Gasteiger partial charge in [0.25, 0.3) is 5.56 Å². The van der Waals surface area contributed by atoms with E-state index in [1.54, 1.807) is 22.9 Å². The normalized spacial score (nSPS) is 20.5. The number of rotatable bonds is 6. The first kappa shape index (κ1) is 19.3. The number of nitrogens with zero attached hydrogens (tertiary/aromatic N) is 4. The zero-order chi connectivity index (χ0) is 20.6. The fraction of sp³-hybridized carbons (Fsp3) is 0.391. The lowest BCUT2D eigenvalue weighted by molar-refractivity contribution is 0.234. The van der Waals surface area contributed by atoms with Gasteiger partial charge in [-0.3, -0.25) is 9.78 Å². The lowest BCUT2D eigenvalue weighted by atomic mass is 10.1. The quantitative estimate of drug-likeness (QED) is 0.638. The monoisotopic (exact) mass is 390 g/mol. The predicted molar refractivity (Wildman–Crippen MR) is 112 cm³/mol. The summed E-state index contributed by atoms with van der Waals surface area (Å²) >= 11 is 0. The van der Waals surface area contributed by atoms with Crippen LogP contribution in [0.25, 0.3) is 11.1 Å². The Bertz CT molecular complexity index is 1090. The van der Waals surface area contributed by atoms with Gasteiger partial charge in [0.05, 0.1) is 12.2 Å². The largest absolute Gasteiger partial charge is 0.477 e. The summed E-state index contributed by atoms with van der Waals surface area (Å²) in [7, 11) is 0. The maximum absolute atomic E-state index is 11.9. The van der Waals surface area contributed by atoms with Crippen molar-refractivity contribution in [3.05, 3.63) is 70.3 Å². The Morgan fingerprint density at radius 2 is 2.00 bits per heavy atom. The molecule has 0 saturated heterocycles. The molecule has 1 fully saturated rings. The smallest absolute Gasteiger partial charge is 0.250 e. The van der Waals surface area contributed by atoms with Crippen molar-refractivity contribution in [2.24, 2.45) is 5.41 Å². The summed E-state index contributed by atoms with van der Waals surface area (Å²) < 4.78 is 7.88. The highest BCUT2D eigenvalue weighted by Crippen LogP contribution is 2.58. The molecule has 3 aromatic rings. The van der Waals surface area contributed by atoms with Crippen LogP contribution >= 0.6 is 0 Å². The number of hydrogen-bond acceptors (Lipinski definition) is 5. The van der Waals surface area contributed by atoms with Crippen molar-refractivity contribution in [2.45, 2.75) is 46.6 Å². The van der Waals surface area contributed by atoms with Crippen molar-refractivity contribution in [3.8, 4) is 17.0 Å². The molecule has 2 atom stereocenters. The first-order chi connectivity index (χ1) is 13.9. The van der Waals surface area contributed by atoms with Gasteiger partial charge in [0, 0.05) is 53.8 Å². The predicted octanol–water partition coefficient (Wildman–Crippen LogP) is 3.91. The first-order valence-electron chi connectivity index (χ1n) is 9.99. The molecule has 6 heteroatoms. The Morgan fingerprint density at radius 1 is 1.17 bits per heavy atom. The molecule has 1 saturated carbocycles. The van der Waals surface area contributed by atoms with E-state index < -0.39 is 0 Å². The second-order valence-corrected chi connectivity index (χ2v) is 8.14. The van der Waals surface area contributed by atoms with Gasteiger partial charge in [-0.1, -0.05) is 13.0 Å². The average Bonchev–Trinajstić information content (AvgIpc) is 3.39. The van der Waals surface area contributed by atoms with Gasteiger partial charge in [-0.2, -0.15) is 4.98 Å². The molecule has 4 rings (SSSR count). The molecular weight excluding hydrogens is 364 g/mol. The van der Waals surface area contributed by atoms with Crippen molar-refractivity contribution in [1.29, 1.82) is 0 Å². The molecule has 1 aliphatic carbocycles. The summed E-state index contributed by atoms with van der Waals surface area (Å²) in [5.74, 6) is 1.62. The Labute approximate surface area is 170 Å². The van der Waals surface area contributed by atoms with Gasteiger partial charge < -0.3 is 9.30 Å². The van der Waals surface area contributed by atoms with Crippen LogP contribution in [0, 0.1) is 19.3 Å². The second-order valence-electron chi connectivity index (χ2n) is 8.14. The van der Waals surface area contributed by atoms with E-state index in [2.05, 4.69) is 34.0 Å². The first-order valence-corrected chi connectivity index (χ1v) is 9.99. The summed E-state index contributed by atoms with van der Waals surface area (Å²) in [6.07, 6.45) is 6.57. The van der Waals surface area contributed by atoms with Crippen molar-refractivity contribution in [2.75, 3.05) is 6.61 Å². The van der Waals surface area contributed by atoms with Crippen LogP contribution in [-0.2, 0) is 6.54 Å². The second kappa shape index (κ2) is 7.43. The maximum Gasteiger partial charge on any atom is 0.250 e. The molecule has 0 amide bonds. The number of hydrogen-bond donors (Lipinski definition) is 0. The molecule has 0 aromatic carbocycles. The van der Waals surface area contributed by atoms with Crippen LogP contribution in [0.1, 0.15) is 43.3 Å². The molecule has 0 bridgehead atoms. The zero-order valence-electron chi connectivity index (χ0n) is 17.3. The van der Waals surface area contributed by atoms with Gasteiger partial charge in [-0.05, 0) is 44.9 Å². The van der Waals surface area contributed by atoms with E-state index in [1.165, 1.54) is 5.56 Å². The standard InChI is InChI=1S/C23H26N4O2/c1-5-27-13-17(7-9-21(27)28)18-12-24-16(3)26-22(18)29-14-23(4)10-19(23)20-8-6-15(2)11-25-20/h6-9,11-13,19H,5,10,14H2,1-4H3. The Morgan fingerprint density at radius 3 is 2.72 bits per heavy atom. The van der Waals surface area contributed by atoms with E-state index in [1.807, 2.05) is 33.2 Å². The number of aromatic nitrogens is 4. The molecule has 2 unspecified atom stereocenters. The third kappa shape index (κ3) is 3.92. The van der Waals surface area contributed by atoms with Crippen molar-refractivity contribution in [3.63, 3.8) is 0 Å². The third-order valence-electron chi connectivity index (χ3n) is 5.69. The molecule has 0 radical (unpaired) electrons. The minimum Gasteiger partial charge on any atom is -0.477 e. The zero-order valence-corrected chi connectivity index (χ0v) is 17.3. The lowest BCUT2D eigenvalue weighted by Crippen LogP contribution is -2.17. The van der Waals surface area contributed by atoms with Gasteiger partial charge in [0.1, 0.15) is 5.82 Å². The van der Waals surface area contributed by atoms with Gasteiger partial charge in [-0.15, -0.1) is 0 Å². The molecule has 6 nitrogen and oxygen atoms in total. The lowest BCUT2D eigenvalue weighted by Gasteiger charge is -2.16. The summed E-state index contributed by atoms with van der Waals surface area (Å²) in [5, 5.41) is 0. The summed E-state index contributed by atoms with van der Waals surface area (Å²) in [6, 6.07) is 7.59. The van der Waals surface area contributed by atoms with E-state index in [9.17, 15) is 4.79 Å². The molecule has 0 aliphatic heterocycles. The summed E-state index contributed by atoms with van der Waals surface area (Å²) in [5.41, 5.74) is 3.98. The highest BCUT2D eigenvalue weighted by molar-refractivity contribution is 5.66. The molecule has 0 spiro atoms. The maximum atomic E-state index is 11.9. The number of ether oxygens (including phenoxy) is 1. The van der Waals surface area contributed by atoms with Crippen LogP contribution in [-0.4, -0.2) is 26.1 Å². The molecule has 150 valence electrons. The highest BCUT2D eigenvalue weighted by atomic mass is 16.5. The van der Waals surface area contributed by atoms with Crippen LogP contribution in [0.2, 0.25) is 0 Å². The molecule has 29 heavy (non-hydrogen) atoms. The van der Waals surface area contributed by atoms with E-state index in [4.69, 9.17) is 4.74 Å². The van der Waals surface area contributed by atoms with E-state index in [-0.39, 0.29) is 11.0 Å². The molecule has 3 aromatic heterocycles. The Balaban J connectivity index is 1.56. The third-order valence-corrected chi connectivity index (χ3v) is 5.69. The van der Waals surface area contributed by atoms with Crippen LogP contribution in [0.5, 0.6) is 5.88 Å². The highest BCUT2D eigenvalue weighted by Gasteiger charge is 2.52. The van der Waals surface area contributed by atoms with Crippen molar-refractivity contribution in [1.82, 2.24) is 19.5 Å². The Hall–Kier alpha value is -3.02. The Kier molecular flexibility index (Phi) is 4.94. The van der Waals surface area contributed by atoms with E-state index in [0.717, 1.165) is 23.2 Å². The fourth-order valence-electron chi connectivity index (χ4n) is 3.64. The van der Waals surface area contributed by atoms with Crippen LogP contribution in [0.15, 0.2) is 47.7 Å². The van der Waals surface area contributed by atoms with E-state index >= 15 is 0 Å². The number of pyridine rings is 2. The van der Waals surface area contributed by atoms with E-state index in [0.29, 0.717) is 30.8 Å². The minimum atomic E-state index is -0.0225. The minimum absolute atomic E-state index is 0.0225. The van der Waals surface area contributed by atoms with Gasteiger partial charge in [-0.25, -0.2) is 4.98 Å². The molecule has 3 heterocycles. The topological polar surface area (TPSA) is 69.9 Å². The number of aryl methyl sites for hydroxylation is 3. The van der Waals surface area contributed by atoms with Crippen molar-refractivity contribution < 1.29 is 4.74 Å². The molecular formula is C23H26N4O2. The van der Waals surface area contributed by atoms with Crippen molar-refractivity contribution >= 4 is 0 Å². The average molecular weight is 390 g/mol. The van der Waals surface area contributed by atoms with Crippen LogP contribution in [0.3, 0.4) is 0 Å². The molecule has 1 aliphatic rings. The SMILES string of the molecule is CCn1cc(-c2cnc(C)nc2OCC2(C)CC2c2ccc(C)cn2)ccc1=O. The van der Waals surface area contributed by atoms with Crippen LogP contribution in [0.4, 0.5) is 0 Å².